The summed E-state index contributed by atoms with van der Waals surface area (Å²) in [6, 6.07) is 0. The highest BCUT2D eigenvalue weighted by molar-refractivity contribution is 7.18. The molecular formula is C14H23N3OS. The van der Waals surface area contributed by atoms with Gasteiger partial charge in [0.2, 0.25) is 0 Å². The molecule has 2 rings (SSSR count). The normalized spacial score (nSPS) is 14.5. The predicted octanol–water partition coefficient (Wildman–Crippen LogP) is 2.80. The van der Waals surface area contributed by atoms with Crippen molar-refractivity contribution < 1.29 is 4.79 Å². The van der Waals surface area contributed by atoms with Crippen molar-refractivity contribution in [2.24, 2.45) is 0 Å². The second-order valence-corrected chi connectivity index (χ2v) is 5.87. The van der Waals surface area contributed by atoms with Gasteiger partial charge in [-0.2, -0.15) is 0 Å². The number of nitrogens with one attached hydrogen (secondary N) is 1. The van der Waals surface area contributed by atoms with E-state index in [2.05, 4.69) is 24.1 Å². The van der Waals surface area contributed by atoms with Crippen LogP contribution in [0.25, 0.3) is 0 Å². The zero-order chi connectivity index (χ0) is 14.0. The van der Waals surface area contributed by atoms with Crippen LogP contribution in [0.2, 0.25) is 0 Å². The van der Waals surface area contributed by atoms with Crippen molar-refractivity contribution in [2.45, 2.75) is 39.5 Å². The molecule has 1 fully saturated rings. The van der Waals surface area contributed by atoms with Crippen molar-refractivity contribution in [3.8, 4) is 0 Å². The van der Waals surface area contributed by atoms with E-state index in [9.17, 15) is 4.79 Å². The Hall–Kier alpha value is -1.23. The Morgan fingerprint density at radius 1 is 1.37 bits per heavy atom. The minimum Gasteiger partial charge on any atom is -0.397 e. The smallest absolute Gasteiger partial charge is 0.263 e. The molecule has 1 aliphatic rings. The fourth-order valence-corrected chi connectivity index (χ4v) is 3.72. The number of nitrogen functional groups attached to an aromatic ring is 1. The lowest BCUT2D eigenvalue weighted by Crippen LogP contribution is -2.22. The lowest BCUT2D eigenvalue weighted by atomic mass is 10.1. The summed E-state index contributed by atoms with van der Waals surface area (Å²) in [6.07, 6.45) is 2.40. The maximum absolute atomic E-state index is 12.1. The quantitative estimate of drug-likeness (QED) is 0.843. The van der Waals surface area contributed by atoms with Crippen LogP contribution >= 0.6 is 11.3 Å². The molecule has 0 saturated heterocycles. The van der Waals surface area contributed by atoms with Crippen molar-refractivity contribution in [2.75, 3.05) is 30.3 Å². The van der Waals surface area contributed by atoms with Gasteiger partial charge in [-0.15, -0.1) is 11.3 Å². The number of carbonyl (C=O) groups excluding carboxylic acids is 1. The molecule has 4 nitrogen and oxygen atoms in total. The number of rotatable bonds is 6. The maximum Gasteiger partial charge on any atom is 0.263 e. The van der Waals surface area contributed by atoms with Gasteiger partial charge in [-0.25, -0.2) is 0 Å². The zero-order valence-electron chi connectivity index (χ0n) is 12.0. The first-order valence-corrected chi connectivity index (χ1v) is 7.90. The van der Waals surface area contributed by atoms with Crippen molar-refractivity contribution in [1.29, 1.82) is 0 Å². The average molecular weight is 281 g/mol. The summed E-state index contributed by atoms with van der Waals surface area (Å²) in [7, 11) is 0. The van der Waals surface area contributed by atoms with Gasteiger partial charge in [-0.05, 0) is 39.5 Å². The first-order valence-electron chi connectivity index (χ1n) is 7.09. The molecule has 106 valence electrons. The number of hydrogen-bond donors (Lipinski definition) is 2. The van der Waals surface area contributed by atoms with E-state index in [0.717, 1.165) is 13.1 Å². The van der Waals surface area contributed by atoms with Crippen LogP contribution in [-0.4, -0.2) is 25.5 Å². The predicted molar refractivity (Wildman–Crippen MR) is 82.3 cm³/mol. The fraction of sp³-hybridized carbons (Fsp3) is 0.643. The van der Waals surface area contributed by atoms with Crippen LogP contribution in [0.5, 0.6) is 0 Å². The number of nitrogens with zero attached hydrogens (tertiary/aromatic N) is 1. The van der Waals surface area contributed by atoms with Crippen LogP contribution in [0.3, 0.4) is 0 Å². The molecule has 0 spiro atoms. The Kier molecular flexibility index (Phi) is 4.34. The number of anilines is 2. The van der Waals surface area contributed by atoms with Gasteiger partial charge in [0.1, 0.15) is 4.88 Å². The van der Waals surface area contributed by atoms with E-state index in [1.54, 1.807) is 11.3 Å². The van der Waals surface area contributed by atoms with Crippen molar-refractivity contribution in [3.05, 3.63) is 10.4 Å². The van der Waals surface area contributed by atoms with Gasteiger partial charge in [0.05, 0.1) is 10.7 Å². The highest BCUT2D eigenvalue weighted by Gasteiger charge is 2.34. The molecule has 5 heteroatoms. The third kappa shape index (κ3) is 2.71. The molecule has 0 radical (unpaired) electrons. The van der Waals surface area contributed by atoms with Gasteiger partial charge in [0.25, 0.3) is 5.91 Å². The van der Waals surface area contributed by atoms with Gasteiger partial charge in [0.15, 0.2) is 0 Å². The standard InChI is InChI=1S/C14H23N3OS/c1-4-16-13(18)12-11(15)10(9-7-8-9)14(19-12)17(5-2)6-3/h9H,4-8,15H2,1-3H3,(H,16,18). The number of thiophene rings is 1. The van der Waals surface area contributed by atoms with Crippen LogP contribution in [-0.2, 0) is 0 Å². The highest BCUT2D eigenvalue weighted by atomic mass is 32.1. The van der Waals surface area contributed by atoms with Gasteiger partial charge in [-0.1, -0.05) is 0 Å². The molecule has 0 atom stereocenters. The second kappa shape index (κ2) is 5.82. The Morgan fingerprint density at radius 2 is 2.00 bits per heavy atom. The molecule has 0 aliphatic heterocycles. The monoisotopic (exact) mass is 281 g/mol. The van der Waals surface area contributed by atoms with Crippen LogP contribution in [0.1, 0.15) is 54.8 Å². The lowest BCUT2D eigenvalue weighted by molar-refractivity contribution is 0.0960. The molecule has 1 saturated carbocycles. The topological polar surface area (TPSA) is 58.4 Å². The van der Waals surface area contributed by atoms with E-state index in [4.69, 9.17) is 5.73 Å². The first kappa shape index (κ1) is 14.2. The molecule has 1 aromatic heterocycles. The molecule has 1 aromatic rings. The van der Waals surface area contributed by atoms with Crippen LogP contribution in [0.4, 0.5) is 10.7 Å². The summed E-state index contributed by atoms with van der Waals surface area (Å²) in [4.78, 5) is 15.1. The van der Waals surface area contributed by atoms with E-state index in [1.165, 1.54) is 23.4 Å². The summed E-state index contributed by atoms with van der Waals surface area (Å²) in [5, 5.41) is 4.05. The number of nitrogens with two attached hydrogens (primary N) is 1. The minimum absolute atomic E-state index is 0.0368. The Labute approximate surface area is 119 Å². The summed E-state index contributed by atoms with van der Waals surface area (Å²) in [5.74, 6) is 0.528. The molecule has 0 bridgehead atoms. The zero-order valence-corrected chi connectivity index (χ0v) is 12.8. The Morgan fingerprint density at radius 3 is 2.47 bits per heavy atom. The lowest BCUT2D eigenvalue weighted by Gasteiger charge is -2.20. The second-order valence-electron chi connectivity index (χ2n) is 4.87. The summed E-state index contributed by atoms with van der Waals surface area (Å²) in [5.41, 5.74) is 8.17. The third-order valence-electron chi connectivity index (χ3n) is 3.54. The van der Waals surface area contributed by atoms with E-state index in [1.807, 2.05) is 6.92 Å². The van der Waals surface area contributed by atoms with E-state index in [-0.39, 0.29) is 5.91 Å². The van der Waals surface area contributed by atoms with E-state index in [0.29, 0.717) is 23.0 Å². The van der Waals surface area contributed by atoms with E-state index >= 15 is 0 Å². The van der Waals surface area contributed by atoms with E-state index < -0.39 is 0 Å². The number of carbonyl (C=O) groups is 1. The Bertz CT molecular complexity index is 462. The minimum atomic E-state index is -0.0368. The summed E-state index contributed by atoms with van der Waals surface area (Å²) in [6.45, 7) is 8.74. The maximum atomic E-state index is 12.1. The first-order chi connectivity index (χ1) is 9.13. The fourth-order valence-electron chi connectivity index (χ4n) is 2.37. The van der Waals surface area contributed by atoms with Crippen LogP contribution in [0.15, 0.2) is 0 Å². The van der Waals surface area contributed by atoms with Gasteiger partial charge in [-0.3, -0.25) is 4.79 Å². The number of hydrogen-bond acceptors (Lipinski definition) is 4. The average Bonchev–Trinajstić information content (AvgIpc) is 3.16. The Balaban J connectivity index is 2.41. The van der Waals surface area contributed by atoms with Gasteiger partial charge >= 0.3 is 0 Å². The molecule has 0 aromatic carbocycles. The van der Waals surface area contributed by atoms with Crippen LogP contribution < -0.4 is 16.0 Å². The van der Waals surface area contributed by atoms with Gasteiger partial charge < -0.3 is 16.0 Å². The summed E-state index contributed by atoms with van der Waals surface area (Å²) >= 11 is 1.55. The van der Waals surface area contributed by atoms with Crippen molar-refractivity contribution in [1.82, 2.24) is 5.32 Å². The third-order valence-corrected chi connectivity index (χ3v) is 4.82. The van der Waals surface area contributed by atoms with Crippen LogP contribution in [0, 0.1) is 0 Å². The highest BCUT2D eigenvalue weighted by Crippen LogP contribution is 2.51. The van der Waals surface area contributed by atoms with Crippen molar-refractivity contribution >= 4 is 27.9 Å². The number of amides is 1. The molecule has 19 heavy (non-hydrogen) atoms. The van der Waals surface area contributed by atoms with Gasteiger partial charge in [0, 0.05) is 25.2 Å². The summed E-state index contributed by atoms with van der Waals surface area (Å²) < 4.78 is 0. The molecule has 1 heterocycles. The molecule has 1 aliphatic carbocycles. The molecule has 1 amide bonds. The van der Waals surface area contributed by atoms with Crippen molar-refractivity contribution in [3.63, 3.8) is 0 Å². The molecule has 3 N–H and O–H groups in total. The molecule has 0 unspecified atom stereocenters. The SMILES string of the molecule is CCNC(=O)c1sc(N(CC)CC)c(C2CC2)c1N. The largest absolute Gasteiger partial charge is 0.397 e. The molecular weight excluding hydrogens is 258 g/mol.